The van der Waals surface area contributed by atoms with Crippen LogP contribution >= 0.6 is 0 Å². The summed E-state index contributed by atoms with van der Waals surface area (Å²) >= 11 is 0. The first-order chi connectivity index (χ1) is 16.7. The Balaban J connectivity index is 1.44. The average Bonchev–Trinajstić information content (AvgIpc) is 3.53. The molecule has 1 fully saturated rings. The van der Waals surface area contributed by atoms with Gasteiger partial charge >= 0.3 is 0 Å². The molecule has 0 radical (unpaired) electrons. The first kappa shape index (κ1) is 20.6. The SMILES string of the molecule is CN1CC[C@H](n2cc(-c3cncc(-c4cc(-c5ccccc5F)nc5ncccc45)c3)cn2)C1. The lowest BCUT2D eigenvalue weighted by Crippen LogP contribution is -2.16. The molecule has 7 heteroatoms. The minimum absolute atomic E-state index is 0.312. The molecule has 34 heavy (non-hydrogen) atoms. The number of hydrogen-bond donors (Lipinski definition) is 0. The van der Waals surface area contributed by atoms with Gasteiger partial charge in [-0.25, -0.2) is 14.4 Å². The van der Waals surface area contributed by atoms with Crippen LogP contribution in [0.4, 0.5) is 4.39 Å². The molecule has 6 rings (SSSR count). The van der Waals surface area contributed by atoms with Crippen molar-refractivity contribution in [1.82, 2.24) is 29.6 Å². The van der Waals surface area contributed by atoms with E-state index in [1.807, 2.05) is 42.9 Å². The highest BCUT2D eigenvalue weighted by Crippen LogP contribution is 2.34. The second-order valence-electron chi connectivity index (χ2n) is 8.79. The van der Waals surface area contributed by atoms with Crippen molar-refractivity contribution in [3.63, 3.8) is 0 Å². The zero-order valence-corrected chi connectivity index (χ0v) is 18.8. The van der Waals surface area contributed by atoms with Gasteiger partial charge in [0.25, 0.3) is 0 Å². The Bertz CT molecular complexity index is 1490. The van der Waals surface area contributed by atoms with Crippen LogP contribution in [-0.4, -0.2) is 49.8 Å². The van der Waals surface area contributed by atoms with Crippen LogP contribution in [0.2, 0.25) is 0 Å². The van der Waals surface area contributed by atoms with E-state index >= 15 is 0 Å². The molecule has 0 N–H and O–H groups in total. The van der Waals surface area contributed by atoms with Crippen LogP contribution in [0.3, 0.4) is 0 Å². The van der Waals surface area contributed by atoms with Crippen molar-refractivity contribution in [2.24, 2.45) is 0 Å². The van der Waals surface area contributed by atoms with Crippen molar-refractivity contribution in [2.75, 3.05) is 20.1 Å². The van der Waals surface area contributed by atoms with Crippen molar-refractivity contribution >= 4 is 11.0 Å². The number of rotatable bonds is 4. The summed E-state index contributed by atoms with van der Waals surface area (Å²) < 4.78 is 16.6. The predicted octanol–water partition coefficient (Wildman–Crippen LogP) is 5.24. The molecule has 0 bridgehead atoms. The van der Waals surface area contributed by atoms with Gasteiger partial charge in [0, 0.05) is 59.0 Å². The number of fused-ring (bicyclic) bond motifs is 1. The molecular weight excluding hydrogens is 427 g/mol. The lowest BCUT2D eigenvalue weighted by Gasteiger charge is -2.11. The number of likely N-dealkylation sites (N-methyl/N-ethyl adjacent to an activating group) is 1. The minimum atomic E-state index is -0.312. The van der Waals surface area contributed by atoms with E-state index in [0.717, 1.165) is 47.2 Å². The van der Waals surface area contributed by atoms with Crippen molar-refractivity contribution in [3.8, 4) is 33.5 Å². The summed E-state index contributed by atoms with van der Waals surface area (Å²) in [5.74, 6) is -0.312. The van der Waals surface area contributed by atoms with Gasteiger partial charge in [0.15, 0.2) is 5.65 Å². The quantitative estimate of drug-likeness (QED) is 0.375. The number of hydrogen-bond acceptors (Lipinski definition) is 5. The number of benzene rings is 1. The summed E-state index contributed by atoms with van der Waals surface area (Å²) in [4.78, 5) is 15.9. The van der Waals surface area contributed by atoms with Crippen LogP contribution in [-0.2, 0) is 0 Å². The molecule has 0 spiro atoms. The normalized spacial score (nSPS) is 16.4. The van der Waals surface area contributed by atoms with Gasteiger partial charge in [0.1, 0.15) is 5.82 Å². The number of halogens is 1. The van der Waals surface area contributed by atoms with Gasteiger partial charge in [0.05, 0.1) is 17.9 Å². The maximum atomic E-state index is 14.6. The molecule has 6 nitrogen and oxygen atoms in total. The van der Waals surface area contributed by atoms with E-state index in [2.05, 4.69) is 48.9 Å². The van der Waals surface area contributed by atoms with Crippen LogP contribution in [0.5, 0.6) is 0 Å². The minimum Gasteiger partial charge on any atom is -0.304 e. The number of nitrogens with zero attached hydrogens (tertiary/aromatic N) is 6. The van der Waals surface area contributed by atoms with Gasteiger partial charge in [-0.3, -0.25) is 9.67 Å². The molecule has 4 aromatic heterocycles. The van der Waals surface area contributed by atoms with E-state index in [-0.39, 0.29) is 5.82 Å². The molecule has 1 aliphatic heterocycles. The van der Waals surface area contributed by atoms with Gasteiger partial charge < -0.3 is 4.90 Å². The first-order valence-electron chi connectivity index (χ1n) is 11.3. The summed E-state index contributed by atoms with van der Waals surface area (Å²) in [5.41, 5.74) is 5.40. The van der Waals surface area contributed by atoms with Crippen LogP contribution in [0.1, 0.15) is 12.5 Å². The van der Waals surface area contributed by atoms with Crippen molar-refractivity contribution < 1.29 is 4.39 Å². The van der Waals surface area contributed by atoms with E-state index in [9.17, 15) is 4.39 Å². The summed E-state index contributed by atoms with van der Waals surface area (Å²) in [7, 11) is 2.14. The molecule has 1 aromatic carbocycles. The van der Waals surface area contributed by atoms with E-state index in [0.29, 0.717) is 22.9 Å². The van der Waals surface area contributed by atoms with Crippen LogP contribution in [0.25, 0.3) is 44.5 Å². The zero-order chi connectivity index (χ0) is 23.1. The van der Waals surface area contributed by atoms with Gasteiger partial charge in [0.2, 0.25) is 0 Å². The van der Waals surface area contributed by atoms with Gasteiger partial charge in [-0.05, 0) is 62.0 Å². The fraction of sp³-hybridized carbons (Fsp3) is 0.185. The fourth-order valence-corrected chi connectivity index (χ4v) is 4.66. The molecular formula is C27H23FN6. The third kappa shape index (κ3) is 3.74. The number of aromatic nitrogens is 5. The molecule has 168 valence electrons. The maximum Gasteiger partial charge on any atom is 0.160 e. The average molecular weight is 451 g/mol. The second kappa shape index (κ2) is 8.43. The molecule has 1 aliphatic rings. The fourth-order valence-electron chi connectivity index (χ4n) is 4.66. The van der Waals surface area contributed by atoms with Gasteiger partial charge in [-0.1, -0.05) is 12.1 Å². The monoisotopic (exact) mass is 450 g/mol. The highest BCUT2D eigenvalue weighted by Gasteiger charge is 2.22. The molecule has 5 heterocycles. The highest BCUT2D eigenvalue weighted by molar-refractivity contribution is 5.95. The highest BCUT2D eigenvalue weighted by atomic mass is 19.1. The third-order valence-corrected chi connectivity index (χ3v) is 6.46. The van der Waals surface area contributed by atoms with Crippen molar-refractivity contribution in [1.29, 1.82) is 0 Å². The Morgan fingerprint density at radius 1 is 0.941 bits per heavy atom. The van der Waals surface area contributed by atoms with Crippen molar-refractivity contribution in [3.05, 3.63) is 85.3 Å². The standard InChI is InChI=1S/C27H23FN6/c1-33-10-8-21(17-33)34-16-20(15-31-34)18-11-19(14-29-13-18)24-12-26(23-5-2-3-7-25(23)28)32-27-22(24)6-4-9-30-27/h2-7,9,11-16,21H,8,10,17H2,1H3/t21-/m0/s1. The predicted molar refractivity (Wildman–Crippen MR) is 131 cm³/mol. The molecule has 1 saturated heterocycles. The lowest BCUT2D eigenvalue weighted by atomic mass is 9.99. The molecule has 0 amide bonds. The molecule has 0 aliphatic carbocycles. The summed E-state index contributed by atoms with van der Waals surface area (Å²) in [5, 5.41) is 5.52. The maximum absolute atomic E-state index is 14.6. The molecule has 1 atom stereocenters. The van der Waals surface area contributed by atoms with Crippen LogP contribution in [0, 0.1) is 5.82 Å². The topological polar surface area (TPSA) is 59.7 Å². The number of pyridine rings is 3. The Morgan fingerprint density at radius 3 is 2.68 bits per heavy atom. The second-order valence-corrected chi connectivity index (χ2v) is 8.79. The Kier molecular flexibility index (Phi) is 5.11. The summed E-state index contributed by atoms with van der Waals surface area (Å²) in [6.45, 7) is 2.10. The Labute approximate surface area is 196 Å². The van der Waals surface area contributed by atoms with E-state index in [4.69, 9.17) is 0 Å². The van der Waals surface area contributed by atoms with Crippen molar-refractivity contribution in [2.45, 2.75) is 12.5 Å². The largest absolute Gasteiger partial charge is 0.304 e. The van der Waals surface area contributed by atoms with E-state index in [1.54, 1.807) is 18.3 Å². The first-order valence-corrected chi connectivity index (χ1v) is 11.3. The van der Waals surface area contributed by atoms with Gasteiger partial charge in [-0.15, -0.1) is 0 Å². The number of likely N-dealkylation sites (tertiary alicyclic amines) is 1. The smallest absolute Gasteiger partial charge is 0.160 e. The third-order valence-electron chi connectivity index (χ3n) is 6.46. The summed E-state index contributed by atoms with van der Waals surface area (Å²) in [6, 6.07) is 15.0. The summed E-state index contributed by atoms with van der Waals surface area (Å²) in [6.07, 6.45) is 10.5. The Hall–Kier alpha value is -3.97. The lowest BCUT2D eigenvalue weighted by molar-refractivity contribution is 0.382. The molecule has 0 saturated carbocycles. The molecule has 5 aromatic rings. The van der Waals surface area contributed by atoms with Crippen LogP contribution < -0.4 is 0 Å². The van der Waals surface area contributed by atoms with Crippen LogP contribution in [0.15, 0.2) is 79.5 Å². The Morgan fingerprint density at radius 2 is 1.82 bits per heavy atom. The van der Waals surface area contributed by atoms with E-state index < -0.39 is 0 Å². The van der Waals surface area contributed by atoms with E-state index in [1.165, 1.54) is 6.07 Å². The van der Waals surface area contributed by atoms with Gasteiger partial charge in [-0.2, -0.15) is 5.10 Å². The zero-order valence-electron chi connectivity index (χ0n) is 18.8. The molecule has 0 unspecified atom stereocenters.